The lowest BCUT2D eigenvalue weighted by atomic mass is 10.1. The van der Waals surface area contributed by atoms with Crippen molar-refractivity contribution in [1.29, 1.82) is 0 Å². The molecule has 0 fully saturated rings. The number of rotatable bonds is 3. The van der Waals surface area contributed by atoms with Gasteiger partial charge in [-0.15, -0.1) is 0 Å². The van der Waals surface area contributed by atoms with Gasteiger partial charge in [-0.1, -0.05) is 24.3 Å². The first-order valence-corrected chi connectivity index (χ1v) is 9.98. The second-order valence-corrected chi connectivity index (χ2v) is 7.66. The first kappa shape index (κ1) is 19.8. The van der Waals surface area contributed by atoms with Crippen LogP contribution < -0.4 is 10.6 Å². The van der Waals surface area contributed by atoms with Crippen molar-refractivity contribution in [3.63, 3.8) is 0 Å². The third-order valence-electron chi connectivity index (χ3n) is 4.83. The van der Waals surface area contributed by atoms with Crippen molar-refractivity contribution >= 4 is 40.0 Å². The number of benzene rings is 3. The Labute approximate surface area is 180 Å². The second-order valence-electron chi connectivity index (χ2n) is 7.25. The fraction of sp³-hybridized carbons (Fsp3) is 0.125. The predicted molar refractivity (Wildman–Crippen MR) is 124 cm³/mol. The minimum Gasteiger partial charge on any atom is -0.436 e. The third kappa shape index (κ3) is 4.09. The summed E-state index contributed by atoms with van der Waals surface area (Å²) in [6.45, 7) is 5.95. The monoisotopic (exact) mass is 415 g/mol. The van der Waals surface area contributed by atoms with Crippen LogP contribution in [0.2, 0.25) is 0 Å². The van der Waals surface area contributed by atoms with Crippen LogP contribution >= 0.6 is 12.2 Å². The van der Waals surface area contributed by atoms with E-state index in [0.717, 1.165) is 39.0 Å². The molecule has 0 aliphatic heterocycles. The van der Waals surface area contributed by atoms with Crippen molar-refractivity contribution in [1.82, 2.24) is 10.3 Å². The third-order valence-corrected chi connectivity index (χ3v) is 5.03. The lowest BCUT2D eigenvalue weighted by Gasteiger charge is -2.11. The van der Waals surface area contributed by atoms with Gasteiger partial charge in [0.15, 0.2) is 10.7 Å². The lowest BCUT2D eigenvalue weighted by molar-refractivity contribution is 0.0977. The summed E-state index contributed by atoms with van der Waals surface area (Å²) in [7, 11) is 0. The summed E-state index contributed by atoms with van der Waals surface area (Å²) in [5, 5.41) is 5.98. The van der Waals surface area contributed by atoms with Gasteiger partial charge >= 0.3 is 0 Å². The minimum absolute atomic E-state index is 0.237. The number of carbonyl (C=O) groups excluding carboxylic acids is 1. The molecule has 1 amide bonds. The van der Waals surface area contributed by atoms with Gasteiger partial charge in [0.2, 0.25) is 5.89 Å². The predicted octanol–water partition coefficient (Wildman–Crippen LogP) is 5.55. The fourth-order valence-electron chi connectivity index (χ4n) is 3.36. The summed E-state index contributed by atoms with van der Waals surface area (Å²) in [4.78, 5) is 17.0. The summed E-state index contributed by atoms with van der Waals surface area (Å²) in [6.07, 6.45) is 0. The van der Waals surface area contributed by atoms with Crippen LogP contribution in [0.3, 0.4) is 0 Å². The highest BCUT2D eigenvalue weighted by Crippen LogP contribution is 2.28. The molecule has 0 atom stereocenters. The van der Waals surface area contributed by atoms with Gasteiger partial charge in [0, 0.05) is 16.8 Å². The summed E-state index contributed by atoms with van der Waals surface area (Å²) in [5.74, 6) is 0.333. The average molecular weight is 416 g/mol. The maximum Gasteiger partial charge on any atom is 0.257 e. The van der Waals surface area contributed by atoms with Crippen LogP contribution in [-0.2, 0) is 0 Å². The normalized spacial score (nSPS) is 10.8. The number of fused-ring (bicyclic) bond motifs is 1. The average Bonchev–Trinajstić information content (AvgIpc) is 3.13. The Morgan fingerprint density at radius 1 is 0.967 bits per heavy atom. The highest BCUT2D eigenvalue weighted by Gasteiger charge is 2.12. The molecule has 0 saturated heterocycles. The summed E-state index contributed by atoms with van der Waals surface area (Å²) in [6, 6.07) is 19.0. The molecule has 0 aliphatic rings. The Morgan fingerprint density at radius 2 is 1.70 bits per heavy atom. The molecule has 3 aromatic carbocycles. The van der Waals surface area contributed by atoms with Crippen LogP contribution in [0.25, 0.3) is 22.6 Å². The summed E-state index contributed by atoms with van der Waals surface area (Å²) < 4.78 is 5.96. The van der Waals surface area contributed by atoms with E-state index in [1.807, 2.05) is 69.3 Å². The zero-order chi connectivity index (χ0) is 21.3. The van der Waals surface area contributed by atoms with Crippen LogP contribution in [0.1, 0.15) is 27.0 Å². The Balaban J connectivity index is 1.46. The number of hydrogen-bond donors (Lipinski definition) is 2. The van der Waals surface area contributed by atoms with Crippen LogP contribution in [0, 0.1) is 20.8 Å². The number of aromatic nitrogens is 1. The maximum absolute atomic E-state index is 12.4. The fourth-order valence-corrected chi connectivity index (χ4v) is 3.57. The second kappa shape index (κ2) is 8.08. The topological polar surface area (TPSA) is 67.2 Å². The highest BCUT2D eigenvalue weighted by atomic mass is 32.1. The van der Waals surface area contributed by atoms with Gasteiger partial charge in [-0.05, 0) is 86.1 Å². The lowest BCUT2D eigenvalue weighted by Crippen LogP contribution is -2.34. The molecule has 0 unspecified atom stereocenters. The Hall–Kier alpha value is -3.51. The molecule has 2 N–H and O–H groups in total. The van der Waals surface area contributed by atoms with E-state index in [1.165, 1.54) is 0 Å². The molecule has 150 valence electrons. The smallest absolute Gasteiger partial charge is 0.257 e. The number of amides is 1. The van der Waals surface area contributed by atoms with Gasteiger partial charge in [-0.25, -0.2) is 4.98 Å². The number of hydrogen-bond acceptors (Lipinski definition) is 4. The van der Waals surface area contributed by atoms with Crippen LogP contribution in [-0.4, -0.2) is 16.0 Å². The molecule has 0 aliphatic carbocycles. The SMILES string of the molecule is Cc1cc(C)c2oc(-c3ccc(NC(=S)NC(=O)c4ccccc4C)cc3)nc2c1. The Kier molecular flexibility index (Phi) is 5.33. The van der Waals surface area contributed by atoms with E-state index in [-0.39, 0.29) is 11.0 Å². The van der Waals surface area contributed by atoms with Gasteiger partial charge < -0.3 is 9.73 Å². The number of oxazole rings is 1. The number of carbonyl (C=O) groups is 1. The molecule has 0 bridgehead atoms. The highest BCUT2D eigenvalue weighted by molar-refractivity contribution is 7.80. The molecule has 0 radical (unpaired) electrons. The van der Waals surface area contributed by atoms with E-state index < -0.39 is 0 Å². The van der Waals surface area contributed by atoms with E-state index in [9.17, 15) is 4.79 Å². The van der Waals surface area contributed by atoms with E-state index in [1.54, 1.807) is 6.07 Å². The first-order chi connectivity index (χ1) is 14.4. The van der Waals surface area contributed by atoms with Gasteiger partial charge in [-0.3, -0.25) is 10.1 Å². The van der Waals surface area contributed by atoms with E-state index in [4.69, 9.17) is 16.6 Å². The van der Waals surface area contributed by atoms with Crippen LogP contribution in [0.4, 0.5) is 5.69 Å². The molecule has 0 saturated carbocycles. The number of thiocarbonyl (C=S) groups is 1. The van der Waals surface area contributed by atoms with Crippen molar-refractivity contribution < 1.29 is 9.21 Å². The zero-order valence-corrected chi connectivity index (χ0v) is 17.8. The first-order valence-electron chi connectivity index (χ1n) is 9.57. The van der Waals surface area contributed by atoms with Crippen LogP contribution in [0.5, 0.6) is 0 Å². The molecule has 1 heterocycles. The Morgan fingerprint density at radius 3 is 2.43 bits per heavy atom. The van der Waals surface area contributed by atoms with E-state index in [2.05, 4.69) is 21.7 Å². The molecule has 0 spiro atoms. The van der Waals surface area contributed by atoms with Crippen molar-refractivity contribution in [2.75, 3.05) is 5.32 Å². The van der Waals surface area contributed by atoms with Crippen molar-refractivity contribution in [2.45, 2.75) is 20.8 Å². The molecular formula is C24H21N3O2S. The van der Waals surface area contributed by atoms with E-state index in [0.29, 0.717) is 11.5 Å². The maximum atomic E-state index is 12.4. The summed E-state index contributed by atoms with van der Waals surface area (Å²) in [5.41, 5.74) is 6.99. The molecule has 1 aromatic heterocycles. The van der Waals surface area contributed by atoms with Gasteiger partial charge in [0.05, 0.1) is 0 Å². The Bertz CT molecular complexity index is 1260. The number of aryl methyl sites for hydroxylation is 3. The van der Waals surface area contributed by atoms with Gasteiger partial charge in [-0.2, -0.15) is 0 Å². The van der Waals surface area contributed by atoms with Gasteiger partial charge in [0.1, 0.15) is 5.52 Å². The molecule has 4 rings (SSSR count). The molecule has 6 heteroatoms. The van der Waals surface area contributed by atoms with Crippen LogP contribution in [0.15, 0.2) is 65.1 Å². The minimum atomic E-state index is -0.237. The number of anilines is 1. The largest absolute Gasteiger partial charge is 0.436 e. The standard InChI is InChI=1S/C24H21N3O2S/c1-14-12-16(3)21-20(13-14)26-23(29-21)17-8-10-18(11-9-17)25-24(30)27-22(28)19-7-5-4-6-15(19)2/h4-13H,1-3H3,(H2,25,27,28,30). The molecule has 30 heavy (non-hydrogen) atoms. The van der Waals surface area contributed by atoms with Crippen molar-refractivity contribution in [3.8, 4) is 11.5 Å². The van der Waals surface area contributed by atoms with E-state index >= 15 is 0 Å². The van der Waals surface area contributed by atoms with Crippen molar-refractivity contribution in [3.05, 3.63) is 82.9 Å². The number of nitrogens with one attached hydrogen (secondary N) is 2. The number of nitrogens with zero attached hydrogens (tertiary/aromatic N) is 1. The molecule has 5 nitrogen and oxygen atoms in total. The zero-order valence-electron chi connectivity index (χ0n) is 16.9. The van der Waals surface area contributed by atoms with Gasteiger partial charge in [0.25, 0.3) is 5.91 Å². The molecular weight excluding hydrogens is 394 g/mol. The molecule has 4 aromatic rings. The van der Waals surface area contributed by atoms with Crippen molar-refractivity contribution in [2.24, 2.45) is 0 Å². The quantitative estimate of drug-likeness (QED) is 0.430. The summed E-state index contributed by atoms with van der Waals surface area (Å²) >= 11 is 5.28.